The molecule has 6 heteroatoms. The van der Waals surface area contributed by atoms with Crippen molar-refractivity contribution in [3.8, 4) is 0 Å². The molecule has 0 saturated heterocycles. The van der Waals surface area contributed by atoms with Crippen molar-refractivity contribution >= 4 is 17.3 Å². The highest BCUT2D eigenvalue weighted by Gasteiger charge is 2.44. The number of benzene rings is 3. The Morgan fingerprint density at radius 3 is 2.45 bits per heavy atom. The number of nitro groups is 1. The first-order valence-electron chi connectivity index (χ1n) is 9.49. The summed E-state index contributed by atoms with van der Waals surface area (Å²) in [6, 6.07) is 20.1. The molecule has 0 bridgehead atoms. The molecule has 0 saturated carbocycles. The fourth-order valence-electron chi connectivity index (χ4n) is 4.90. The Morgan fingerprint density at radius 2 is 1.72 bits per heavy atom. The minimum atomic E-state index is -0.971. The van der Waals surface area contributed by atoms with Crippen LogP contribution < -0.4 is 5.32 Å². The highest BCUT2D eigenvalue weighted by atomic mass is 16.6. The zero-order valence-corrected chi connectivity index (χ0v) is 15.4. The van der Waals surface area contributed by atoms with Crippen LogP contribution in [0.4, 0.5) is 11.4 Å². The molecule has 3 aromatic carbocycles. The summed E-state index contributed by atoms with van der Waals surface area (Å²) in [5, 5.41) is 24.2. The smallest absolute Gasteiger partial charge is 0.337 e. The van der Waals surface area contributed by atoms with Crippen LogP contribution in [0.15, 0.2) is 66.7 Å². The predicted octanol–water partition coefficient (Wildman–Crippen LogP) is 4.76. The van der Waals surface area contributed by atoms with Crippen LogP contribution >= 0.6 is 0 Å². The molecule has 0 amide bonds. The van der Waals surface area contributed by atoms with Gasteiger partial charge in [-0.25, -0.2) is 4.79 Å². The van der Waals surface area contributed by atoms with Crippen LogP contribution in [0, 0.1) is 16.0 Å². The van der Waals surface area contributed by atoms with Crippen molar-refractivity contribution < 1.29 is 14.8 Å². The van der Waals surface area contributed by atoms with Crippen molar-refractivity contribution in [2.24, 2.45) is 5.92 Å². The third-order valence-electron chi connectivity index (χ3n) is 6.13. The summed E-state index contributed by atoms with van der Waals surface area (Å²) in [6.45, 7) is 0. The van der Waals surface area contributed by atoms with Gasteiger partial charge >= 0.3 is 5.97 Å². The number of anilines is 1. The predicted molar refractivity (Wildman–Crippen MR) is 108 cm³/mol. The molecule has 0 radical (unpaired) electrons. The zero-order valence-electron chi connectivity index (χ0n) is 15.4. The third kappa shape index (κ3) is 2.68. The molecule has 3 atom stereocenters. The van der Waals surface area contributed by atoms with Crippen LogP contribution in [0.5, 0.6) is 0 Å². The second kappa shape index (κ2) is 6.44. The van der Waals surface area contributed by atoms with Crippen molar-refractivity contribution in [2.75, 3.05) is 5.32 Å². The lowest BCUT2D eigenvalue weighted by molar-refractivity contribution is -0.384. The zero-order chi connectivity index (χ0) is 20.1. The molecular formula is C23H18N2O4. The van der Waals surface area contributed by atoms with Crippen LogP contribution in [0.2, 0.25) is 0 Å². The third-order valence-corrected chi connectivity index (χ3v) is 6.13. The lowest BCUT2D eigenvalue weighted by Crippen LogP contribution is -2.31. The van der Waals surface area contributed by atoms with Crippen molar-refractivity contribution in [3.05, 3.63) is 105 Å². The Kier molecular flexibility index (Phi) is 3.87. The van der Waals surface area contributed by atoms with Crippen LogP contribution in [0.3, 0.4) is 0 Å². The number of nitrogens with one attached hydrogen (secondary N) is 1. The largest absolute Gasteiger partial charge is 0.478 e. The average Bonchev–Trinajstić information content (AvgIpc) is 3.12. The van der Waals surface area contributed by atoms with E-state index >= 15 is 0 Å². The summed E-state index contributed by atoms with van der Waals surface area (Å²) < 4.78 is 0. The maximum absolute atomic E-state index is 11.9. The van der Waals surface area contributed by atoms with Gasteiger partial charge in [-0.1, -0.05) is 48.5 Å². The summed E-state index contributed by atoms with van der Waals surface area (Å²) in [5.74, 6) is -0.686. The molecule has 1 aliphatic heterocycles. The minimum Gasteiger partial charge on any atom is -0.478 e. The standard InChI is InChI=1S/C23H18N2O4/c26-23(27)18-7-3-6-17-20-16-5-2-1-4-14(16)12-19(20)21(24-22(17)18)13-8-10-15(11-9-13)25(28)29/h1-11,19-21,24H,12H2,(H,26,27)/t19-,20-,21-/m1/s1. The monoisotopic (exact) mass is 386 g/mol. The number of hydrogen-bond acceptors (Lipinski definition) is 4. The molecule has 0 spiro atoms. The quantitative estimate of drug-likeness (QED) is 0.500. The van der Waals surface area contributed by atoms with Crippen LogP contribution in [-0.4, -0.2) is 16.0 Å². The molecular weight excluding hydrogens is 368 g/mol. The number of aromatic carboxylic acids is 1. The van der Waals surface area contributed by atoms with Gasteiger partial charge in [0, 0.05) is 18.1 Å². The number of nitro benzene ring substituents is 1. The van der Waals surface area contributed by atoms with E-state index in [1.807, 2.05) is 18.2 Å². The number of non-ortho nitro benzene ring substituents is 1. The molecule has 1 heterocycles. The normalized spacial score (nSPS) is 21.4. The molecule has 2 aliphatic rings. The number of nitrogens with zero attached hydrogens (tertiary/aromatic N) is 1. The van der Waals surface area contributed by atoms with Gasteiger partial charge in [-0.05, 0) is 40.7 Å². The Bertz CT molecular complexity index is 1140. The summed E-state index contributed by atoms with van der Waals surface area (Å²) in [6.07, 6.45) is 0.867. The number of para-hydroxylation sites is 1. The molecule has 1 aliphatic carbocycles. The number of fused-ring (bicyclic) bond motifs is 5. The van der Waals surface area contributed by atoms with Gasteiger partial charge in [0.15, 0.2) is 0 Å². The summed E-state index contributed by atoms with van der Waals surface area (Å²) in [5.41, 5.74) is 5.35. The maximum Gasteiger partial charge on any atom is 0.337 e. The van der Waals surface area contributed by atoms with Gasteiger partial charge in [0.2, 0.25) is 0 Å². The second-order valence-corrected chi connectivity index (χ2v) is 7.59. The lowest BCUT2D eigenvalue weighted by Gasteiger charge is -2.38. The van der Waals surface area contributed by atoms with Crippen molar-refractivity contribution in [1.82, 2.24) is 0 Å². The van der Waals surface area contributed by atoms with Gasteiger partial charge < -0.3 is 10.4 Å². The van der Waals surface area contributed by atoms with Crippen LogP contribution in [0.1, 0.15) is 44.6 Å². The van der Waals surface area contributed by atoms with Gasteiger partial charge in [0.25, 0.3) is 5.69 Å². The highest BCUT2D eigenvalue weighted by Crippen LogP contribution is 2.54. The molecule has 0 aromatic heterocycles. The molecule has 6 nitrogen and oxygen atoms in total. The van der Waals surface area contributed by atoms with Crippen molar-refractivity contribution in [3.63, 3.8) is 0 Å². The Labute approximate surface area is 167 Å². The van der Waals surface area contributed by atoms with E-state index in [4.69, 9.17) is 0 Å². The van der Waals surface area contributed by atoms with Gasteiger partial charge in [0.05, 0.1) is 22.2 Å². The van der Waals surface area contributed by atoms with E-state index in [1.165, 1.54) is 23.3 Å². The van der Waals surface area contributed by atoms with Gasteiger partial charge in [-0.15, -0.1) is 0 Å². The second-order valence-electron chi connectivity index (χ2n) is 7.59. The summed E-state index contributed by atoms with van der Waals surface area (Å²) in [4.78, 5) is 22.5. The van der Waals surface area contributed by atoms with E-state index in [2.05, 4.69) is 17.4 Å². The molecule has 0 fully saturated rings. The number of hydrogen-bond donors (Lipinski definition) is 2. The van der Waals surface area contributed by atoms with E-state index in [-0.39, 0.29) is 29.1 Å². The lowest BCUT2D eigenvalue weighted by atomic mass is 9.75. The van der Waals surface area contributed by atoms with Crippen molar-refractivity contribution in [1.29, 1.82) is 0 Å². The number of carboxylic acids is 1. The first-order chi connectivity index (χ1) is 14.0. The first-order valence-corrected chi connectivity index (χ1v) is 9.49. The van der Waals surface area contributed by atoms with E-state index in [1.54, 1.807) is 24.3 Å². The number of carbonyl (C=O) groups is 1. The minimum absolute atomic E-state index is 0.0439. The van der Waals surface area contributed by atoms with Crippen LogP contribution in [0.25, 0.3) is 0 Å². The first kappa shape index (κ1) is 17.4. The van der Waals surface area contributed by atoms with Gasteiger partial charge in [-0.3, -0.25) is 10.1 Å². The van der Waals surface area contributed by atoms with Gasteiger partial charge in [-0.2, -0.15) is 0 Å². The number of carboxylic acid groups (broad SMARTS) is 1. The fraction of sp³-hybridized carbons (Fsp3) is 0.174. The Balaban J connectivity index is 1.67. The molecule has 2 N–H and O–H groups in total. The van der Waals surface area contributed by atoms with E-state index in [0.29, 0.717) is 5.69 Å². The topological polar surface area (TPSA) is 92.5 Å². The Hall–Kier alpha value is -3.67. The fourth-order valence-corrected chi connectivity index (χ4v) is 4.90. The molecule has 0 unspecified atom stereocenters. The van der Waals surface area contributed by atoms with E-state index in [9.17, 15) is 20.0 Å². The van der Waals surface area contributed by atoms with Crippen LogP contribution in [-0.2, 0) is 6.42 Å². The molecule has 5 rings (SSSR count). The Morgan fingerprint density at radius 1 is 1.00 bits per heavy atom. The average molecular weight is 386 g/mol. The molecule has 29 heavy (non-hydrogen) atoms. The summed E-state index contributed by atoms with van der Waals surface area (Å²) in [7, 11) is 0. The SMILES string of the molecule is O=C(O)c1cccc2c1N[C@H](c1ccc([N+](=O)[O-])cc1)[C@@H]1Cc3ccccc3[C@H]21. The van der Waals surface area contributed by atoms with E-state index in [0.717, 1.165) is 17.5 Å². The van der Waals surface area contributed by atoms with Crippen molar-refractivity contribution in [2.45, 2.75) is 18.4 Å². The molecule has 3 aromatic rings. The highest BCUT2D eigenvalue weighted by molar-refractivity contribution is 5.96. The molecule has 144 valence electrons. The van der Waals surface area contributed by atoms with Gasteiger partial charge in [0.1, 0.15) is 0 Å². The maximum atomic E-state index is 11.9. The van der Waals surface area contributed by atoms with E-state index < -0.39 is 10.9 Å². The summed E-state index contributed by atoms with van der Waals surface area (Å²) >= 11 is 0. The number of rotatable bonds is 3.